The van der Waals surface area contributed by atoms with Gasteiger partial charge in [-0.3, -0.25) is 0 Å². The van der Waals surface area contributed by atoms with Gasteiger partial charge in [0, 0.05) is 18.6 Å². The summed E-state index contributed by atoms with van der Waals surface area (Å²) < 4.78 is 5.19. The number of hydrogen-bond donors (Lipinski definition) is 3. The molecule has 0 amide bonds. The quantitative estimate of drug-likeness (QED) is 0.177. The van der Waals surface area contributed by atoms with Crippen LogP contribution in [0.5, 0.6) is 0 Å². The molecule has 4 N–H and O–H groups in total. The van der Waals surface area contributed by atoms with Crippen molar-refractivity contribution >= 4 is 5.84 Å². The van der Waals surface area contributed by atoms with E-state index in [-0.39, 0.29) is 5.41 Å². The summed E-state index contributed by atoms with van der Waals surface area (Å²) in [6.07, 6.45) is 5.38. The first-order chi connectivity index (χ1) is 8.97. The van der Waals surface area contributed by atoms with Gasteiger partial charge in [-0.25, -0.2) is 0 Å². The molecule has 0 aliphatic rings. The van der Waals surface area contributed by atoms with E-state index in [2.05, 4.69) is 17.4 Å². The summed E-state index contributed by atoms with van der Waals surface area (Å²) >= 11 is 0. The van der Waals surface area contributed by atoms with E-state index in [9.17, 15) is 0 Å². The van der Waals surface area contributed by atoms with Crippen molar-refractivity contribution in [1.29, 1.82) is 0 Å². The molecule has 114 valence electrons. The van der Waals surface area contributed by atoms with E-state index >= 15 is 0 Å². The van der Waals surface area contributed by atoms with Crippen LogP contribution in [0.3, 0.4) is 0 Å². The summed E-state index contributed by atoms with van der Waals surface area (Å²) in [6.45, 7) is 7.94. The van der Waals surface area contributed by atoms with Crippen LogP contribution >= 0.6 is 0 Å². The average Bonchev–Trinajstić information content (AvgIpc) is 2.37. The Kier molecular flexibility index (Phi) is 9.61. The van der Waals surface area contributed by atoms with Gasteiger partial charge in [0.2, 0.25) is 0 Å². The van der Waals surface area contributed by atoms with Gasteiger partial charge in [0.05, 0.1) is 6.61 Å². The Hall–Kier alpha value is -0.810. The summed E-state index contributed by atoms with van der Waals surface area (Å²) in [5.74, 6) is 0.309. The molecule has 19 heavy (non-hydrogen) atoms. The number of unbranched alkanes of at least 4 members (excludes halogenated alkanes) is 1. The van der Waals surface area contributed by atoms with E-state index in [0.717, 1.165) is 45.3 Å². The van der Waals surface area contributed by atoms with Gasteiger partial charge >= 0.3 is 0 Å². The number of ether oxygens (including phenoxy) is 1. The maximum absolute atomic E-state index is 8.70. The number of rotatable bonds is 11. The van der Waals surface area contributed by atoms with Crippen LogP contribution in [0.25, 0.3) is 0 Å². The van der Waals surface area contributed by atoms with Crippen molar-refractivity contribution in [2.24, 2.45) is 16.3 Å². The molecule has 0 heterocycles. The van der Waals surface area contributed by atoms with Crippen LogP contribution in [0, 0.1) is 5.41 Å². The second-order valence-electron chi connectivity index (χ2n) is 5.72. The van der Waals surface area contributed by atoms with Crippen molar-refractivity contribution in [2.75, 3.05) is 20.3 Å². The topological polar surface area (TPSA) is 79.9 Å². The zero-order valence-electron chi connectivity index (χ0n) is 12.9. The standard InChI is InChI=1S/C14H31N3O2/c1-5-8-12(11-19-4)16-10-7-6-9-14(2,3)13(15)17-18/h12,16,18H,5-11H2,1-4H3,(H2,15,17). The van der Waals surface area contributed by atoms with Crippen LogP contribution in [0.1, 0.15) is 52.9 Å². The fraction of sp³-hybridized carbons (Fsp3) is 0.929. The van der Waals surface area contributed by atoms with E-state index < -0.39 is 0 Å². The van der Waals surface area contributed by atoms with Gasteiger partial charge in [-0.05, 0) is 25.8 Å². The Bertz CT molecular complexity index is 249. The zero-order valence-corrected chi connectivity index (χ0v) is 12.9. The van der Waals surface area contributed by atoms with Gasteiger partial charge in [0.1, 0.15) is 5.84 Å². The molecule has 0 aromatic heterocycles. The zero-order chi connectivity index (χ0) is 14.7. The average molecular weight is 273 g/mol. The van der Waals surface area contributed by atoms with Gasteiger partial charge in [0.15, 0.2) is 0 Å². The van der Waals surface area contributed by atoms with Crippen molar-refractivity contribution in [1.82, 2.24) is 5.32 Å². The Morgan fingerprint density at radius 2 is 2.11 bits per heavy atom. The second-order valence-corrected chi connectivity index (χ2v) is 5.72. The molecular weight excluding hydrogens is 242 g/mol. The Balaban J connectivity index is 3.79. The highest BCUT2D eigenvalue weighted by molar-refractivity contribution is 5.85. The molecule has 0 saturated carbocycles. The third kappa shape index (κ3) is 8.06. The lowest BCUT2D eigenvalue weighted by molar-refractivity contribution is 0.161. The second kappa shape index (κ2) is 10.0. The molecule has 0 aromatic carbocycles. The molecule has 0 rings (SSSR count). The highest BCUT2D eigenvalue weighted by Gasteiger charge is 2.22. The summed E-state index contributed by atoms with van der Waals surface area (Å²) in [6, 6.07) is 0.451. The largest absolute Gasteiger partial charge is 0.409 e. The third-order valence-corrected chi connectivity index (χ3v) is 3.47. The first-order valence-corrected chi connectivity index (χ1v) is 7.18. The molecular formula is C14H31N3O2. The molecule has 0 aliphatic heterocycles. The Morgan fingerprint density at radius 1 is 1.42 bits per heavy atom. The summed E-state index contributed by atoms with van der Waals surface area (Å²) in [7, 11) is 1.74. The number of nitrogens with one attached hydrogen (secondary N) is 1. The van der Waals surface area contributed by atoms with Crippen LogP contribution in [-0.2, 0) is 4.74 Å². The molecule has 0 spiro atoms. The van der Waals surface area contributed by atoms with Crippen molar-refractivity contribution in [3.05, 3.63) is 0 Å². The van der Waals surface area contributed by atoms with E-state index in [4.69, 9.17) is 15.7 Å². The molecule has 0 radical (unpaired) electrons. The first-order valence-electron chi connectivity index (χ1n) is 7.18. The molecule has 0 saturated heterocycles. The minimum atomic E-state index is -0.232. The summed E-state index contributed by atoms with van der Waals surface area (Å²) in [5.41, 5.74) is 5.43. The fourth-order valence-electron chi connectivity index (χ4n) is 2.06. The van der Waals surface area contributed by atoms with Crippen molar-refractivity contribution in [3.8, 4) is 0 Å². The van der Waals surface area contributed by atoms with E-state index in [1.54, 1.807) is 7.11 Å². The molecule has 5 heteroatoms. The molecule has 0 aromatic rings. The Labute approximate surface area is 117 Å². The van der Waals surface area contributed by atoms with Crippen LogP contribution in [0.4, 0.5) is 0 Å². The molecule has 0 bridgehead atoms. The highest BCUT2D eigenvalue weighted by atomic mass is 16.5. The summed E-state index contributed by atoms with van der Waals surface area (Å²) in [4.78, 5) is 0. The molecule has 0 fully saturated rings. The molecule has 0 aliphatic carbocycles. The SMILES string of the molecule is CCCC(COC)NCCCCC(C)(C)C(N)=NO. The van der Waals surface area contributed by atoms with Crippen molar-refractivity contribution in [3.63, 3.8) is 0 Å². The number of hydrogen-bond acceptors (Lipinski definition) is 4. The maximum Gasteiger partial charge on any atom is 0.144 e. The van der Waals surface area contributed by atoms with Gasteiger partial charge in [0.25, 0.3) is 0 Å². The van der Waals surface area contributed by atoms with E-state index in [1.807, 2.05) is 13.8 Å². The monoisotopic (exact) mass is 273 g/mol. The van der Waals surface area contributed by atoms with Gasteiger partial charge < -0.3 is 21.0 Å². The minimum absolute atomic E-state index is 0.232. The summed E-state index contributed by atoms with van der Waals surface area (Å²) in [5, 5.41) is 15.3. The molecule has 5 nitrogen and oxygen atoms in total. The van der Waals surface area contributed by atoms with Crippen molar-refractivity contribution in [2.45, 2.75) is 58.9 Å². The highest BCUT2D eigenvalue weighted by Crippen LogP contribution is 2.23. The number of nitrogens with zero attached hydrogens (tertiary/aromatic N) is 1. The number of methoxy groups -OCH3 is 1. The van der Waals surface area contributed by atoms with Gasteiger partial charge in [-0.1, -0.05) is 38.8 Å². The smallest absolute Gasteiger partial charge is 0.144 e. The third-order valence-electron chi connectivity index (χ3n) is 3.47. The number of oxime groups is 1. The van der Waals surface area contributed by atoms with Crippen LogP contribution in [0.2, 0.25) is 0 Å². The van der Waals surface area contributed by atoms with Crippen LogP contribution in [0.15, 0.2) is 5.16 Å². The van der Waals surface area contributed by atoms with Crippen LogP contribution < -0.4 is 11.1 Å². The van der Waals surface area contributed by atoms with E-state index in [1.165, 1.54) is 0 Å². The predicted octanol–water partition coefficient (Wildman–Crippen LogP) is 2.33. The van der Waals surface area contributed by atoms with Gasteiger partial charge in [-0.15, -0.1) is 0 Å². The number of amidine groups is 1. The lowest BCUT2D eigenvalue weighted by Crippen LogP contribution is -2.34. The lowest BCUT2D eigenvalue weighted by atomic mass is 9.86. The fourth-order valence-corrected chi connectivity index (χ4v) is 2.06. The number of nitrogens with two attached hydrogens (primary N) is 1. The van der Waals surface area contributed by atoms with Gasteiger partial charge in [-0.2, -0.15) is 0 Å². The molecule has 1 atom stereocenters. The Morgan fingerprint density at radius 3 is 2.63 bits per heavy atom. The van der Waals surface area contributed by atoms with Crippen LogP contribution in [-0.4, -0.2) is 37.3 Å². The predicted molar refractivity (Wildman–Crippen MR) is 79.6 cm³/mol. The van der Waals surface area contributed by atoms with Crippen molar-refractivity contribution < 1.29 is 9.94 Å². The minimum Gasteiger partial charge on any atom is -0.409 e. The normalized spacial score (nSPS) is 14.6. The first kappa shape index (κ1) is 18.2. The molecule has 1 unspecified atom stereocenters. The lowest BCUT2D eigenvalue weighted by Gasteiger charge is -2.23. The van der Waals surface area contributed by atoms with E-state index in [0.29, 0.717) is 11.9 Å². The maximum atomic E-state index is 8.70.